The van der Waals surface area contributed by atoms with E-state index >= 15 is 0 Å². The van der Waals surface area contributed by atoms with Gasteiger partial charge >= 0.3 is 0 Å². The predicted molar refractivity (Wildman–Crippen MR) is 70.9 cm³/mol. The molecule has 0 fully saturated rings. The molecule has 0 saturated heterocycles. The molecule has 4 N–H and O–H groups in total. The maximum atomic E-state index is 11.6. The molecule has 106 valence electrons. The molecule has 0 spiro atoms. The van der Waals surface area contributed by atoms with Gasteiger partial charge in [-0.25, -0.2) is 4.98 Å². The molecule has 0 radical (unpaired) electrons. The summed E-state index contributed by atoms with van der Waals surface area (Å²) < 4.78 is 1.35. The summed E-state index contributed by atoms with van der Waals surface area (Å²) in [6.45, 7) is 4.09. The Labute approximate surface area is 114 Å². The van der Waals surface area contributed by atoms with Gasteiger partial charge < -0.3 is 16.4 Å². The third kappa shape index (κ3) is 3.16. The molecule has 0 aromatic carbocycles. The molecule has 2 heterocycles. The average Bonchev–Trinajstić information content (AvgIpc) is 2.92. The van der Waals surface area contributed by atoms with Crippen molar-refractivity contribution in [2.24, 2.45) is 0 Å². The number of aromatic nitrogens is 6. The maximum absolute atomic E-state index is 11.6. The summed E-state index contributed by atoms with van der Waals surface area (Å²) in [6, 6.07) is -0.500. The number of hydrogen-bond acceptors (Lipinski definition) is 8. The second kappa shape index (κ2) is 5.91. The molecule has 20 heavy (non-hydrogen) atoms. The van der Waals surface area contributed by atoms with Crippen molar-refractivity contribution in [1.82, 2.24) is 35.0 Å². The highest BCUT2D eigenvalue weighted by atomic mass is 16.2. The van der Waals surface area contributed by atoms with Gasteiger partial charge in [0.05, 0.1) is 0 Å². The Hall–Kier alpha value is -2.78. The number of amides is 1. The van der Waals surface area contributed by atoms with Crippen LogP contribution in [0.2, 0.25) is 0 Å². The minimum absolute atomic E-state index is 0.0242. The topological polar surface area (TPSA) is 137 Å². The lowest BCUT2D eigenvalue weighted by Crippen LogP contribution is -2.37. The molecule has 0 saturated carbocycles. The summed E-state index contributed by atoms with van der Waals surface area (Å²) >= 11 is 0. The highest BCUT2D eigenvalue weighted by molar-refractivity contribution is 5.83. The van der Waals surface area contributed by atoms with Gasteiger partial charge in [0, 0.05) is 6.54 Å². The van der Waals surface area contributed by atoms with Crippen LogP contribution in [0.3, 0.4) is 0 Å². The standard InChI is InChI=1S/C10H15N9O/c1-3-13-7(20)6(2)15-9-16-8(11)17-10(18-9)19-5-12-4-14-19/h4-6H,3H2,1-2H3,(H,13,20)(H3,11,15,16,17,18). The first-order valence-corrected chi connectivity index (χ1v) is 6.01. The predicted octanol–water partition coefficient (Wildman–Crippen LogP) is -1.03. The highest BCUT2D eigenvalue weighted by Gasteiger charge is 2.14. The van der Waals surface area contributed by atoms with Gasteiger partial charge in [0.25, 0.3) is 5.95 Å². The van der Waals surface area contributed by atoms with E-state index < -0.39 is 6.04 Å². The molecule has 0 aliphatic heterocycles. The number of carbonyl (C=O) groups excluding carboxylic acids is 1. The Morgan fingerprint density at radius 2 is 2.25 bits per heavy atom. The van der Waals surface area contributed by atoms with Crippen molar-refractivity contribution in [1.29, 1.82) is 0 Å². The summed E-state index contributed by atoms with van der Waals surface area (Å²) in [5, 5.41) is 9.45. The lowest BCUT2D eigenvalue weighted by molar-refractivity contribution is -0.121. The van der Waals surface area contributed by atoms with Crippen molar-refractivity contribution in [2.75, 3.05) is 17.6 Å². The van der Waals surface area contributed by atoms with Gasteiger partial charge in [-0.2, -0.15) is 24.7 Å². The van der Waals surface area contributed by atoms with Crippen molar-refractivity contribution in [2.45, 2.75) is 19.9 Å². The van der Waals surface area contributed by atoms with Crippen molar-refractivity contribution in [3.8, 4) is 5.95 Å². The quantitative estimate of drug-likeness (QED) is 0.631. The lowest BCUT2D eigenvalue weighted by Gasteiger charge is -2.13. The van der Waals surface area contributed by atoms with Gasteiger partial charge in [0.15, 0.2) is 0 Å². The van der Waals surface area contributed by atoms with Crippen LogP contribution in [0.4, 0.5) is 11.9 Å². The molecule has 0 aliphatic rings. The monoisotopic (exact) mass is 277 g/mol. The van der Waals surface area contributed by atoms with E-state index in [2.05, 4.69) is 35.7 Å². The number of likely N-dealkylation sites (N-methyl/N-ethyl adjacent to an activating group) is 1. The number of rotatable bonds is 5. The number of anilines is 2. The molecule has 10 nitrogen and oxygen atoms in total. The van der Waals surface area contributed by atoms with Gasteiger partial charge in [-0.3, -0.25) is 4.79 Å². The normalized spacial score (nSPS) is 11.9. The van der Waals surface area contributed by atoms with E-state index in [0.717, 1.165) is 0 Å². The van der Waals surface area contributed by atoms with Gasteiger partial charge in [-0.05, 0) is 13.8 Å². The first kappa shape index (κ1) is 13.6. The lowest BCUT2D eigenvalue weighted by atomic mass is 10.3. The van der Waals surface area contributed by atoms with E-state index in [1.165, 1.54) is 17.3 Å². The summed E-state index contributed by atoms with van der Waals surface area (Å²) in [5.41, 5.74) is 5.61. The van der Waals surface area contributed by atoms with E-state index in [-0.39, 0.29) is 23.8 Å². The van der Waals surface area contributed by atoms with Crippen LogP contribution in [-0.2, 0) is 4.79 Å². The molecule has 2 aromatic rings. The third-order valence-corrected chi connectivity index (χ3v) is 2.35. The van der Waals surface area contributed by atoms with Crippen LogP contribution < -0.4 is 16.4 Å². The van der Waals surface area contributed by atoms with Gasteiger partial charge in [0.2, 0.25) is 17.8 Å². The Bertz CT molecular complexity index is 582. The summed E-state index contributed by atoms with van der Waals surface area (Å²) in [5.74, 6) is 0.284. The fourth-order valence-corrected chi connectivity index (χ4v) is 1.45. The number of nitrogen functional groups attached to an aromatic ring is 1. The average molecular weight is 277 g/mol. The molecule has 1 unspecified atom stereocenters. The first-order valence-electron chi connectivity index (χ1n) is 6.01. The van der Waals surface area contributed by atoms with Crippen molar-refractivity contribution in [3.05, 3.63) is 12.7 Å². The minimum atomic E-state index is -0.500. The van der Waals surface area contributed by atoms with E-state index in [9.17, 15) is 4.79 Å². The van der Waals surface area contributed by atoms with Gasteiger partial charge in [-0.1, -0.05) is 0 Å². The van der Waals surface area contributed by atoms with E-state index in [4.69, 9.17) is 5.73 Å². The summed E-state index contributed by atoms with van der Waals surface area (Å²) in [7, 11) is 0. The molecular weight excluding hydrogens is 262 g/mol. The fraction of sp³-hybridized carbons (Fsp3) is 0.400. The van der Waals surface area contributed by atoms with Gasteiger partial charge in [-0.15, -0.1) is 0 Å². The Kier molecular flexibility index (Phi) is 4.03. The van der Waals surface area contributed by atoms with Crippen LogP contribution in [0.5, 0.6) is 0 Å². The SMILES string of the molecule is CCNC(=O)C(C)Nc1nc(N)nc(-n2cncn2)n1. The fourth-order valence-electron chi connectivity index (χ4n) is 1.45. The van der Waals surface area contributed by atoms with Crippen LogP contribution in [0.15, 0.2) is 12.7 Å². The molecular formula is C10H15N9O. The number of hydrogen-bond donors (Lipinski definition) is 3. The molecule has 2 aromatic heterocycles. The Balaban J connectivity index is 2.18. The molecule has 0 bridgehead atoms. The Morgan fingerprint density at radius 3 is 2.90 bits per heavy atom. The number of nitrogens with zero attached hydrogens (tertiary/aromatic N) is 6. The number of nitrogens with two attached hydrogens (primary N) is 1. The summed E-state index contributed by atoms with van der Waals surface area (Å²) in [6.07, 6.45) is 2.79. The molecule has 1 amide bonds. The first-order chi connectivity index (χ1) is 9.60. The minimum Gasteiger partial charge on any atom is -0.368 e. The molecule has 2 rings (SSSR count). The van der Waals surface area contributed by atoms with Crippen LogP contribution in [0.25, 0.3) is 5.95 Å². The van der Waals surface area contributed by atoms with Crippen molar-refractivity contribution >= 4 is 17.8 Å². The second-order valence-electron chi connectivity index (χ2n) is 3.92. The second-order valence-corrected chi connectivity index (χ2v) is 3.92. The van der Waals surface area contributed by atoms with Crippen molar-refractivity contribution in [3.63, 3.8) is 0 Å². The highest BCUT2D eigenvalue weighted by Crippen LogP contribution is 2.07. The number of nitrogens with one attached hydrogen (secondary N) is 2. The zero-order valence-electron chi connectivity index (χ0n) is 11.1. The zero-order chi connectivity index (χ0) is 14.5. The molecule has 0 aliphatic carbocycles. The summed E-state index contributed by atoms with van der Waals surface area (Å²) in [4.78, 5) is 27.4. The third-order valence-electron chi connectivity index (χ3n) is 2.35. The van der Waals surface area contributed by atoms with Crippen LogP contribution in [0, 0.1) is 0 Å². The van der Waals surface area contributed by atoms with E-state index in [1.807, 2.05) is 6.92 Å². The van der Waals surface area contributed by atoms with E-state index in [0.29, 0.717) is 6.54 Å². The Morgan fingerprint density at radius 1 is 1.45 bits per heavy atom. The maximum Gasteiger partial charge on any atom is 0.258 e. The smallest absolute Gasteiger partial charge is 0.258 e. The van der Waals surface area contributed by atoms with Gasteiger partial charge in [0.1, 0.15) is 18.7 Å². The molecule has 1 atom stereocenters. The van der Waals surface area contributed by atoms with Crippen molar-refractivity contribution < 1.29 is 4.79 Å². The molecule has 10 heteroatoms. The van der Waals surface area contributed by atoms with Crippen LogP contribution >= 0.6 is 0 Å². The van der Waals surface area contributed by atoms with E-state index in [1.54, 1.807) is 6.92 Å². The van der Waals surface area contributed by atoms with Crippen LogP contribution in [-0.4, -0.2) is 48.2 Å². The number of carbonyl (C=O) groups is 1. The van der Waals surface area contributed by atoms with Crippen LogP contribution in [0.1, 0.15) is 13.8 Å². The zero-order valence-corrected chi connectivity index (χ0v) is 11.1. The largest absolute Gasteiger partial charge is 0.368 e.